The molecule has 8 heteroatoms. The van der Waals surface area contributed by atoms with Gasteiger partial charge < -0.3 is 15.2 Å². The molecule has 1 unspecified atom stereocenters. The summed E-state index contributed by atoms with van der Waals surface area (Å²) in [6, 6.07) is 3.51. The molecule has 2 aliphatic rings. The van der Waals surface area contributed by atoms with Gasteiger partial charge in [0.15, 0.2) is 0 Å². The minimum atomic E-state index is -0.492. The Kier molecular flexibility index (Phi) is 4.42. The number of nitrogens with zero attached hydrogens (tertiary/aromatic N) is 5. The Hall–Kier alpha value is -2.74. The molecule has 1 fully saturated rings. The Bertz CT molecular complexity index is 812. The molecule has 1 atom stereocenters. The second kappa shape index (κ2) is 6.87. The molecule has 0 aromatic carbocycles. The number of primary amides is 1. The highest BCUT2D eigenvalue weighted by Gasteiger charge is 2.35. The molecule has 0 saturated carbocycles. The highest BCUT2D eigenvalue weighted by molar-refractivity contribution is 5.91. The lowest BCUT2D eigenvalue weighted by Gasteiger charge is -2.34. The third-order valence-corrected chi connectivity index (χ3v) is 5.17. The average Bonchev–Trinajstić information content (AvgIpc) is 3.32. The van der Waals surface area contributed by atoms with Crippen molar-refractivity contribution in [2.45, 2.75) is 32.0 Å². The van der Waals surface area contributed by atoms with Crippen molar-refractivity contribution in [2.24, 2.45) is 5.73 Å². The van der Waals surface area contributed by atoms with Crippen molar-refractivity contribution < 1.29 is 9.59 Å². The second-order valence-electron chi connectivity index (χ2n) is 6.77. The van der Waals surface area contributed by atoms with Crippen LogP contribution in [0.25, 0.3) is 0 Å². The monoisotopic (exact) mass is 354 g/mol. The van der Waals surface area contributed by atoms with Gasteiger partial charge in [0.1, 0.15) is 17.6 Å². The zero-order chi connectivity index (χ0) is 18.1. The Morgan fingerprint density at radius 1 is 1.12 bits per heavy atom. The summed E-state index contributed by atoms with van der Waals surface area (Å²) in [5, 5.41) is 0. The van der Waals surface area contributed by atoms with E-state index in [1.165, 1.54) is 6.20 Å². The fourth-order valence-electron chi connectivity index (χ4n) is 3.87. The predicted octanol–water partition coefficient (Wildman–Crippen LogP) is 0.556. The molecular weight excluding hydrogens is 332 g/mol. The molecule has 2 N–H and O–H groups in total. The van der Waals surface area contributed by atoms with Crippen LogP contribution in [0.2, 0.25) is 0 Å². The number of carbonyl (C=O) groups excluding carboxylic acids is 2. The van der Waals surface area contributed by atoms with E-state index in [0.29, 0.717) is 31.2 Å². The van der Waals surface area contributed by atoms with Crippen molar-refractivity contribution >= 4 is 11.8 Å². The summed E-state index contributed by atoms with van der Waals surface area (Å²) in [4.78, 5) is 37.4. The summed E-state index contributed by atoms with van der Waals surface area (Å²) in [7, 11) is 0. The zero-order valence-corrected chi connectivity index (χ0v) is 14.5. The van der Waals surface area contributed by atoms with Gasteiger partial charge in [-0.25, -0.2) is 4.98 Å². The van der Waals surface area contributed by atoms with E-state index in [0.717, 1.165) is 31.5 Å². The van der Waals surface area contributed by atoms with Gasteiger partial charge in [0, 0.05) is 25.5 Å². The van der Waals surface area contributed by atoms with Gasteiger partial charge in [-0.15, -0.1) is 0 Å². The summed E-state index contributed by atoms with van der Waals surface area (Å²) in [5.74, 6) is 0.272. The fraction of sp³-hybridized carbons (Fsp3) is 0.444. The molecule has 0 aliphatic carbocycles. The molecule has 0 spiro atoms. The van der Waals surface area contributed by atoms with Crippen LogP contribution in [0.15, 0.2) is 30.7 Å². The number of imidazole rings is 1. The lowest BCUT2D eigenvalue weighted by Crippen LogP contribution is -2.45. The standard InChI is InChI=1S/C18H22N6O2/c19-17(25)14-11-21-15-12-23(8-9-24(14)15)18(26)16(22-6-1-2-7-22)13-4-3-5-20-10-13/h3-5,10-11,16H,1-2,6-9,12H2,(H2,19,25). The van der Waals surface area contributed by atoms with E-state index < -0.39 is 5.91 Å². The van der Waals surface area contributed by atoms with E-state index in [-0.39, 0.29) is 11.9 Å². The second-order valence-corrected chi connectivity index (χ2v) is 6.77. The summed E-state index contributed by atoms with van der Waals surface area (Å²) in [6.07, 6.45) is 7.20. The lowest BCUT2D eigenvalue weighted by molar-refractivity contribution is -0.138. The first kappa shape index (κ1) is 16.7. The number of rotatable bonds is 4. The fourth-order valence-corrected chi connectivity index (χ4v) is 3.87. The number of pyridine rings is 1. The van der Waals surface area contributed by atoms with Crippen molar-refractivity contribution in [3.63, 3.8) is 0 Å². The normalized spacial score (nSPS) is 18.5. The molecule has 2 aromatic rings. The Balaban J connectivity index is 1.59. The number of carbonyl (C=O) groups is 2. The Labute approximate surface area is 151 Å². The average molecular weight is 354 g/mol. The summed E-state index contributed by atoms with van der Waals surface area (Å²) in [6.45, 7) is 3.28. The molecule has 2 amide bonds. The third-order valence-electron chi connectivity index (χ3n) is 5.17. The van der Waals surface area contributed by atoms with Crippen molar-refractivity contribution in [2.75, 3.05) is 19.6 Å². The van der Waals surface area contributed by atoms with Crippen molar-refractivity contribution in [1.29, 1.82) is 0 Å². The maximum atomic E-state index is 13.4. The number of nitrogens with two attached hydrogens (primary N) is 1. The predicted molar refractivity (Wildman–Crippen MR) is 93.9 cm³/mol. The highest BCUT2D eigenvalue weighted by atomic mass is 16.2. The van der Waals surface area contributed by atoms with Gasteiger partial charge in [0.25, 0.3) is 5.91 Å². The minimum Gasteiger partial charge on any atom is -0.364 e. The van der Waals surface area contributed by atoms with Crippen LogP contribution in [0.1, 0.15) is 40.8 Å². The van der Waals surface area contributed by atoms with Gasteiger partial charge in [-0.05, 0) is 37.6 Å². The summed E-state index contributed by atoms with van der Waals surface area (Å²) < 4.78 is 1.81. The van der Waals surface area contributed by atoms with E-state index >= 15 is 0 Å². The first-order chi connectivity index (χ1) is 12.6. The molecule has 26 heavy (non-hydrogen) atoms. The van der Waals surface area contributed by atoms with Crippen LogP contribution in [0.4, 0.5) is 0 Å². The van der Waals surface area contributed by atoms with Gasteiger partial charge in [-0.1, -0.05) is 6.07 Å². The van der Waals surface area contributed by atoms with E-state index in [1.807, 2.05) is 17.0 Å². The van der Waals surface area contributed by atoms with E-state index in [2.05, 4.69) is 14.9 Å². The molecule has 2 aromatic heterocycles. The van der Waals surface area contributed by atoms with Crippen LogP contribution in [0.5, 0.6) is 0 Å². The first-order valence-corrected chi connectivity index (χ1v) is 8.92. The number of amides is 2. The van der Waals surface area contributed by atoms with Crippen LogP contribution >= 0.6 is 0 Å². The van der Waals surface area contributed by atoms with Crippen molar-refractivity contribution in [3.05, 3.63) is 47.8 Å². The van der Waals surface area contributed by atoms with Crippen LogP contribution in [-0.2, 0) is 17.9 Å². The number of fused-ring (bicyclic) bond motifs is 1. The highest BCUT2D eigenvalue weighted by Crippen LogP contribution is 2.28. The third kappa shape index (κ3) is 2.96. The van der Waals surface area contributed by atoms with Crippen LogP contribution < -0.4 is 5.73 Å². The summed E-state index contributed by atoms with van der Waals surface area (Å²) in [5.41, 5.74) is 6.71. The Morgan fingerprint density at radius 3 is 2.62 bits per heavy atom. The number of aromatic nitrogens is 3. The molecule has 0 radical (unpaired) electrons. The number of likely N-dealkylation sites (tertiary alicyclic amines) is 1. The SMILES string of the molecule is NC(=O)c1cnc2n1CCN(C(=O)C(c1cccnc1)N1CCCC1)C2. The lowest BCUT2D eigenvalue weighted by atomic mass is 10.1. The molecule has 1 saturated heterocycles. The largest absolute Gasteiger partial charge is 0.364 e. The van der Waals surface area contributed by atoms with Gasteiger partial charge in [-0.3, -0.25) is 19.5 Å². The quantitative estimate of drug-likeness (QED) is 0.865. The van der Waals surface area contributed by atoms with Crippen molar-refractivity contribution in [1.82, 2.24) is 24.3 Å². The van der Waals surface area contributed by atoms with Crippen molar-refractivity contribution in [3.8, 4) is 0 Å². The molecular formula is C18H22N6O2. The number of hydrogen-bond donors (Lipinski definition) is 1. The van der Waals surface area contributed by atoms with Crippen LogP contribution in [-0.4, -0.2) is 55.8 Å². The van der Waals surface area contributed by atoms with Gasteiger partial charge >= 0.3 is 0 Å². The van der Waals surface area contributed by atoms with Gasteiger partial charge in [-0.2, -0.15) is 0 Å². The van der Waals surface area contributed by atoms with Crippen LogP contribution in [0.3, 0.4) is 0 Å². The minimum absolute atomic E-state index is 0.0646. The molecule has 8 nitrogen and oxygen atoms in total. The first-order valence-electron chi connectivity index (χ1n) is 8.92. The smallest absolute Gasteiger partial charge is 0.266 e. The molecule has 0 bridgehead atoms. The maximum Gasteiger partial charge on any atom is 0.266 e. The molecule has 2 aliphatic heterocycles. The molecule has 4 rings (SSSR count). The number of hydrogen-bond acceptors (Lipinski definition) is 5. The van der Waals surface area contributed by atoms with Gasteiger partial charge in [0.2, 0.25) is 5.91 Å². The zero-order valence-electron chi connectivity index (χ0n) is 14.5. The molecule has 4 heterocycles. The Morgan fingerprint density at radius 2 is 1.92 bits per heavy atom. The maximum absolute atomic E-state index is 13.4. The van der Waals surface area contributed by atoms with Gasteiger partial charge in [0.05, 0.1) is 12.7 Å². The topological polar surface area (TPSA) is 97.3 Å². The van der Waals surface area contributed by atoms with Crippen LogP contribution in [0, 0.1) is 0 Å². The summed E-state index contributed by atoms with van der Waals surface area (Å²) >= 11 is 0. The molecule has 136 valence electrons. The van der Waals surface area contributed by atoms with E-state index in [9.17, 15) is 9.59 Å². The van der Waals surface area contributed by atoms with E-state index in [1.54, 1.807) is 17.0 Å². The van der Waals surface area contributed by atoms with E-state index in [4.69, 9.17) is 5.73 Å².